The molecule has 1 unspecified atom stereocenters. The van der Waals surface area contributed by atoms with E-state index < -0.39 is 31.9 Å². The van der Waals surface area contributed by atoms with Gasteiger partial charge in [0.2, 0.25) is 5.91 Å². The third-order valence-corrected chi connectivity index (χ3v) is 11.1. The lowest BCUT2D eigenvalue weighted by atomic mass is 9.80. The molecule has 0 aliphatic carbocycles. The molecule has 0 aliphatic rings. The zero-order valence-corrected chi connectivity index (χ0v) is 36.0. The number of imidazole rings is 1. The van der Waals surface area contributed by atoms with Crippen molar-refractivity contribution >= 4 is 20.5 Å². The first-order valence-electron chi connectivity index (χ1n) is 19.5. The van der Waals surface area contributed by atoms with Gasteiger partial charge in [-0.15, -0.1) is 0 Å². The Bertz CT molecular complexity index is 1850. The third kappa shape index (κ3) is 12.6. The van der Waals surface area contributed by atoms with Gasteiger partial charge in [-0.2, -0.15) is 5.26 Å². The number of benzene rings is 3. The molecule has 1 N–H and O–H groups in total. The van der Waals surface area contributed by atoms with Crippen molar-refractivity contribution in [2.75, 3.05) is 34.0 Å². The Morgan fingerprint density at radius 2 is 1.43 bits per heavy atom. The Balaban J connectivity index is 1.67. The van der Waals surface area contributed by atoms with Crippen molar-refractivity contribution in [3.63, 3.8) is 0 Å². The monoisotopic (exact) mass is 815 g/mol. The van der Waals surface area contributed by atoms with E-state index in [9.17, 15) is 14.9 Å². The molecule has 1 amide bonds. The van der Waals surface area contributed by atoms with Crippen LogP contribution in [0.3, 0.4) is 0 Å². The first-order chi connectivity index (χ1) is 27.7. The lowest BCUT2D eigenvalue weighted by Gasteiger charge is -2.38. The standard InChI is InChI=1S/C44H58N5O8P/c1-32(2)49(33(3)4)58(55-28-13-26-45)57-40(41(50)46-27-24-37-30-48(31-47-37)42(51)56-43(5,6)7)25-29-54-44(34-14-11-10-12-15-34,35-16-20-38(52-8)21-17-35)36-18-22-39(53-9)23-19-36/h10-12,14-23,30-33,40H,13,24-25,27-29H2,1-9H3,(H,46,50)/t40-,58?/m1/s1. The number of carbonyl (C=O) groups excluding carboxylic acids is 2. The molecule has 0 aliphatic heterocycles. The average molecular weight is 816 g/mol. The Labute approximate surface area is 344 Å². The molecule has 2 atom stereocenters. The van der Waals surface area contributed by atoms with Crippen LogP contribution in [0.5, 0.6) is 11.5 Å². The van der Waals surface area contributed by atoms with Gasteiger partial charge in [0.1, 0.15) is 35.1 Å². The number of carbonyl (C=O) groups is 2. The van der Waals surface area contributed by atoms with Gasteiger partial charge >= 0.3 is 6.09 Å². The summed E-state index contributed by atoms with van der Waals surface area (Å²) in [7, 11) is 1.47. The fraction of sp³-hybridized carbons (Fsp3) is 0.455. The van der Waals surface area contributed by atoms with Crippen molar-refractivity contribution in [1.82, 2.24) is 19.5 Å². The zero-order chi connectivity index (χ0) is 42.3. The first-order valence-corrected chi connectivity index (χ1v) is 20.6. The topological polar surface area (TPSA) is 146 Å². The molecule has 0 saturated carbocycles. The number of amides is 1. The number of ether oxygens (including phenoxy) is 4. The van der Waals surface area contributed by atoms with Crippen LogP contribution in [0.25, 0.3) is 0 Å². The van der Waals surface area contributed by atoms with Gasteiger partial charge in [0.15, 0.2) is 0 Å². The van der Waals surface area contributed by atoms with Crippen LogP contribution < -0.4 is 14.8 Å². The van der Waals surface area contributed by atoms with E-state index in [1.807, 2.05) is 107 Å². The maximum Gasteiger partial charge on any atom is 0.419 e. The van der Waals surface area contributed by atoms with Gasteiger partial charge < -0.3 is 33.3 Å². The van der Waals surface area contributed by atoms with Crippen LogP contribution in [0, 0.1) is 11.3 Å². The Hall–Kier alpha value is -4.83. The third-order valence-electron chi connectivity index (χ3n) is 8.96. The van der Waals surface area contributed by atoms with Crippen molar-refractivity contribution in [1.29, 1.82) is 5.26 Å². The summed E-state index contributed by atoms with van der Waals surface area (Å²) in [6.07, 6.45) is 2.13. The smallest absolute Gasteiger partial charge is 0.419 e. The van der Waals surface area contributed by atoms with E-state index in [2.05, 4.69) is 21.0 Å². The minimum absolute atomic E-state index is 0.0177. The Morgan fingerprint density at radius 1 is 0.862 bits per heavy atom. The molecule has 1 aromatic heterocycles. The minimum Gasteiger partial charge on any atom is -0.497 e. The van der Waals surface area contributed by atoms with Crippen molar-refractivity contribution in [3.05, 3.63) is 114 Å². The molecule has 0 saturated heterocycles. The number of aromatic nitrogens is 2. The molecule has 14 heteroatoms. The molecule has 0 fully saturated rings. The van der Waals surface area contributed by atoms with Crippen molar-refractivity contribution in [3.8, 4) is 17.6 Å². The quantitative estimate of drug-likeness (QED) is 0.0492. The molecule has 0 radical (unpaired) electrons. The number of nitrogens with zero attached hydrogens (tertiary/aromatic N) is 4. The lowest BCUT2D eigenvalue weighted by Crippen LogP contribution is -2.41. The zero-order valence-electron chi connectivity index (χ0n) is 35.1. The molecule has 3 aromatic carbocycles. The van der Waals surface area contributed by atoms with Crippen molar-refractivity contribution in [2.24, 2.45) is 0 Å². The summed E-state index contributed by atoms with van der Waals surface area (Å²) in [5.74, 6) is 1.04. The Kier molecular flexibility index (Phi) is 17.2. The minimum atomic E-state index is -1.78. The number of hydrogen-bond donors (Lipinski definition) is 1. The van der Waals surface area contributed by atoms with Gasteiger partial charge in [-0.3, -0.25) is 4.79 Å². The molecule has 58 heavy (non-hydrogen) atoms. The van der Waals surface area contributed by atoms with Crippen LogP contribution in [0.2, 0.25) is 0 Å². The summed E-state index contributed by atoms with van der Waals surface area (Å²) >= 11 is 0. The number of nitriles is 1. The van der Waals surface area contributed by atoms with Crippen LogP contribution in [-0.4, -0.2) is 84.0 Å². The summed E-state index contributed by atoms with van der Waals surface area (Å²) in [5, 5.41) is 12.3. The maximum atomic E-state index is 14.2. The normalized spacial score (nSPS) is 12.9. The highest BCUT2D eigenvalue weighted by molar-refractivity contribution is 7.44. The molecule has 0 bridgehead atoms. The lowest BCUT2D eigenvalue weighted by molar-refractivity contribution is -0.129. The predicted molar refractivity (Wildman–Crippen MR) is 224 cm³/mol. The van der Waals surface area contributed by atoms with E-state index in [-0.39, 0.29) is 50.6 Å². The van der Waals surface area contributed by atoms with Gasteiger partial charge in [0, 0.05) is 37.7 Å². The molecule has 1 heterocycles. The molecular weight excluding hydrogens is 757 g/mol. The number of nitrogens with one attached hydrogen (secondary N) is 1. The van der Waals surface area contributed by atoms with Crippen molar-refractivity contribution < 1.29 is 37.6 Å². The molecule has 13 nitrogen and oxygen atoms in total. The second-order valence-corrected chi connectivity index (χ2v) is 16.5. The Morgan fingerprint density at radius 3 is 1.95 bits per heavy atom. The highest BCUT2D eigenvalue weighted by Gasteiger charge is 2.39. The van der Waals surface area contributed by atoms with E-state index in [0.29, 0.717) is 23.6 Å². The van der Waals surface area contributed by atoms with E-state index in [1.165, 1.54) is 10.9 Å². The second kappa shape index (κ2) is 21.8. The van der Waals surface area contributed by atoms with E-state index >= 15 is 0 Å². The van der Waals surface area contributed by atoms with Crippen LogP contribution in [0.15, 0.2) is 91.4 Å². The average Bonchev–Trinajstić information content (AvgIpc) is 3.68. The van der Waals surface area contributed by atoms with Crippen molar-refractivity contribution in [2.45, 2.75) is 97.1 Å². The largest absolute Gasteiger partial charge is 0.497 e. The number of hydrogen-bond acceptors (Lipinski definition) is 11. The fourth-order valence-electron chi connectivity index (χ4n) is 6.36. The summed E-state index contributed by atoms with van der Waals surface area (Å²) < 4.78 is 39.8. The van der Waals surface area contributed by atoms with Gasteiger partial charge in [-0.25, -0.2) is 19.0 Å². The highest BCUT2D eigenvalue weighted by Crippen LogP contribution is 2.48. The highest BCUT2D eigenvalue weighted by atomic mass is 31.2. The second-order valence-electron chi connectivity index (χ2n) is 15.1. The van der Waals surface area contributed by atoms with E-state index in [1.54, 1.807) is 41.2 Å². The van der Waals surface area contributed by atoms with Gasteiger partial charge in [-0.05, 0) is 89.4 Å². The molecule has 4 rings (SSSR count). The van der Waals surface area contributed by atoms with Gasteiger partial charge in [-0.1, -0.05) is 54.6 Å². The maximum absolute atomic E-state index is 14.2. The first kappa shape index (κ1) is 45.9. The van der Waals surface area contributed by atoms with Crippen LogP contribution in [-0.2, 0) is 35.3 Å². The molecule has 4 aromatic rings. The van der Waals surface area contributed by atoms with E-state index in [4.69, 9.17) is 28.0 Å². The SMILES string of the molecule is COc1ccc(C(OCC[C@@H](OP(OCCC#N)N(C(C)C)C(C)C)C(=O)NCCc2cn(C(=O)OC(C)(C)C)cn2)(c2ccccc2)c2ccc(OC)cc2)cc1. The number of methoxy groups -OCH3 is 2. The van der Waals surface area contributed by atoms with Crippen LogP contribution >= 0.6 is 8.53 Å². The summed E-state index contributed by atoms with van der Waals surface area (Å²) in [5.41, 5.74) is 1.42. The summed E-state index contributed by atoms with van der Waals surface area (Å²) in [6, 6.07) is 27.6. The fourth-order valence-corrected chi connectivity index (χ4v) is 8.09. The molecule has 312 valence electrons. The molecule has 0 spiro atoms. The van der Waals surface area contributed by atoms with E-state index in [0.717, 1.165) is 16.7 Å². The van der Waals surface area contributed by atoms with Gasteiger partial charge in [0.25, 0.3) is 8.53 Å². The van der Waals surface area contributed by atoms with Crippen LogP contribution in [0.4, 0.5) is 4.79 Å². The summed E-state index contributed by atoms with van der Waals surface area (Å²) in [6.45, 7) is 14.0. The van der Waals surface area contributed by atoms with Gasteiger partial charge in [0.05, 0.1) is 45.6 Å². The summed E-state index contributed by atoms with van der Waals surface area (Å²) in [4.78, 5) is 31.1. The predicted octanol–water partition coefficient (Wildman–Crippen LogP) is 8.40. The number of rotatable bonds is 21. The molecular formula is C44H58N5O8P. The van der Waals surface area contributed by atoms with Crippen LogP contribution in [0.1, 0.15) is 83.7 Å².